The van der Waals surface area contributed by atoms with Crippen molar-refractivity contribution >= 4 is 27.6 Å². The van der Waals surface area contributed by atoms with Crippen LogP contribution in [0.5, 0.6) is 0 Å². The third kappa shape index (κ3) is 2.07. The normalized spacial score (nSPS) is 9.93. The first-order valence-corrected chi connectivity index (χ1v) is 5.09. The molecule has 2 N–H and O–H groups in total. The summed E-state index contributed by atoms with van der Waals surface area (Å²) in [6.45, 7) is 4.02. The van der Waals surface area contributed by atoms with Gasteiger partial charge in [0.15, 0.2) is 0 Å². The summed E-state index contributed by atoms with van der Waals surface area (Å²) in [7, 11) is 0. The zero-order chi connectivity index (χ0) is 10.7. The van der Waals surface area contributed by atoms with E-state index >= 15 is 0 Å². The van der Waals surface area contributed by atoms with Crippen LogP contribution < -0.4 is 5.73 Å². The molecule has 0 aromatic heterocycles. The Bertz CT molecular complexity index is 363. The van der Waals surface area contributed by atoms with E-state index in [1.165, 1.54) is 0 Å². The molecule has 0 aliphatic carbocycles. The molecule has 0 fully saturated rings. The molecule has 0 radical (unpaired) electrons. The minimum absolute atomic E-state index is 0.351. The van der Waals surface area contributed by atoms with Gasteiger partial charge in [0, 0.05) is 4.47 Å². The molecule has 14 heavy (non-hydrogen) atoms. The average Bonchev–Trinajstić information content (AvgIpc) is 2.15. The van der Waals surface area contributed by atoms with Crippen LogP contribution in [0.2, 0.25) is 0 Å². The molecule has 0 aliphatic heterocycles. The highest BCUT2D eigenvalue weighted by Crippen LogP contribution is 2.27. The Hall–Kier alpha value is -1.03. The highest BCUT2D eigenvalue weighted by molar-refractivity contribution is 9.10. The Balaban J connectivity index is 3.11. The van der Waals surface area contributed by atoms with E-state index in [0.717, 1.165) is 10.0 Å². The molecule has 0 saturated heterocycles. The molecule has 0 saturated carbocycles. The number of anilines is 1. The predicted octanol–water partition coefficient (Wildman–Crippen LogP) is 2.52. The van der Waals surface area contributed by atoms with E-state index in [1.54, 1.807) is 13.0 Å². The second kappa shape index (κ2) is 4.46. The number of hydrogen-bond donors (Lipinski definition) is 1. The molecule has 3 nitrogen and oxygen atoms in total. The van der Waals surface area contributed by atoms with Crippen molar-refractivity contribution in [1.29, 1.82) is 0 Å². The average molecular weight is 258 g/mol. The Morgan fingerprint density at radius 1 is 1.57 bits per heavy atom. The zero-order valence-corrected chi connectivity index (χ0v) is 9.72. The SMILES string of the molecule is CCOC(=O)c1ccc(C)c(Br)c1N. The molecule has 0 bridgehead atoms. The quantitative estimate of drug-likeness (QED) is 0.655. The maximum atomic E-state index is 11.4. The lowest BCUT2D eigenvalue weighted by atomic mass is 10.1. The van der Waals surface area contributed by atoms with Crippen molar-refractivity contribution in [3.8, 4) is 0 Å². The van der Waals surface area contributed by atoms with Gasteiger partial charge >= 0.3 is 5.97 Å². The first-order chi connectivity index (χ1) is 6.57. The number of rotatable bonds is 2. The number of hydrogen-bond acceptors (Lipinski definition) is 3. The van der Waals surface area contributed by atoms with Gasteiger partial charge in [-0.2, -0.15) is 0 Å². The van der Waals surface area contributed by atoms with Gasteiger partial charge in [-0.15, -0.1) is 0 Å². The van der Waals surface area contributed by atoms with Gasteiger partial charge in [0.25, 0.3) is 0 Å². The van der Waals surface area contributed by atoms with Gasteiger partial charge in [0.2, 0.25) is 0 Å². The molecule has 0 unspecified atom stereocenters. The Morgan fingerprint density at radius 2 is 2.21 bits per heavy atom. The number of ether oxygens (including phenoxy) is 1. The minimum atomic E-state index is -0.384. The highest BCUT2D eigenvalue weighted by atomic mass is 79.9. The van der Waals surface area contributed by atoms with E-state index in [4.69, 9.17) is 10.5 Å². The molecule has 0 aliphatic rings. The minimum Gasteiger partial charge on any atom is -0.462 e. The van der Waals surface area contributed by atoms with E-state index in [9.17, 15) is 4.79 Å². The molecular formula is C10H12BrNO2. The van der Waals surface area contributed by atoms with Crippen LogP contribution in [0, 0.1) is 6.92 Å². The number of nitrogens with two attached hydrogens (primary N) is 1. The summed E-state index contributed by atoms with van der Waals surface area (Å²) in [5.74, 6) is -0.384. The van der Waals surface area contributed by atoms with Crippen molar-refractivity contribution < 1.29 is 9.53 Å². The zero-order valence-electron chi connectivity index (χ0n) is 8.13. The van der Waals surface area contributed by atoms with E-state index in [-0.39, 0.29) is 5.97 Å². The number of nitrogen functional groups attached to an aromatic ring is 1. The van der Waals surface area contributed by atoms with Gasteiger partial charge in [-0.1, -0.05) is 6.07 Å². The van der Waals surface area contributed by atoms with Gasteiger partial charge in [-0.25, -0.2) is 4.79 Å². The van der Waals surface area contributed by atoms with E-state index < -0.39 is 0 Å². The molecule has 0 spiro atoms. The smallest absolute Gasteiger partial charge is 0.340 e. The summed E-state index contributed by atoms with van der Waals surface area (Å²) >= 11 is 3.32. The molecule has 0 amide bonds. The molecule has 76 valence electrons. The summed E-state index contributed by atoms with van der Waals surface area (Å²) in [4.78, 5) is 11.4. The lowest BCUT2D eigenvalue weighted by Gasteiger charge is -2.08. The highest BCUT2D eigenvalue weighted by Gasteiger charge is 2.13. The van der Waals surface area contributed by atoms with Gasteiger partial charge in [0.05, 0.1) is 17.9 Å². The van der Waals surface area contributed by atoms with Crippen LogP contribution in [0.3, 0.4) is 0 Å². The molecular weight excluding hydrogens is 246 g/mol. The van der Waals surface area contributed by atoms with Crippen LogP contribution in [0.1, 0.15) is 22.8 Å². The van der Waals surface area contributed by atoms with Gasteiger partial charge in [-0.3, -0.25) is 0 Å². The number of halogens is 1. The van der Waals surface area contributed by atoms with Crippen LogP contribution in [-0.4, -0.2) is 12.6 Å². The molecule has 1 rings (SSSR count). The van der Waals surface area contributed by atoms with E-state index in [1.807, 2.05) is 13.0 Å². The topological polar surface area (TPSA) is 52.3 Å². The molecule has 1 aromatic carbocycles. The molecule has 0 atom stereocenters. The monoisotopic (exact) mass is 257 g/mol. The summed E-state index contributed by atoms with van der Waals surface area (Å²) in [5, 5.41) is 0. The number of carbonyl (C=O) groups is 1. The van der Waals surface area contributed by atoms with E-state index in [0.29, 0.717) is 17.9 Å². The van der Waals surface area contributed by atoms with Crippen LogP contribution in [0.4, 0.5) is 5.69 Å². The van der Waals surface area contributed by atoms with E-state index in [2.05, 4.69) is 15.9 Å². The maximum absolute atomic E-state index is 11.4. The molecule has 0 heterocycles. The largest absolute Gasteiger partial charge is 0.462 e. The summed E-state index contributed by atoms with van der Waals surface area (Å²) in [5.41, 5.74) is 7.60. The van der Waals surface area contributed by atoms with Crippen LogP contribution in [0.15, 0.2) is 16.6 Å². The number of esters is 1. The third-order valence-electron chi connectivity index (χ3n) is 1.87. The van der Waals surface area contributed by atoms with Crippen molar-refractivity contribution in [1.82, 2.24) is 0 Å². The Kier molecular flexibility index (Phi) is 3.52. The fraction of sp³-hybridized carbons (Fsp3) is 0.300. The maximum Gasteiger partial charge on any atom is 0.340 e. The van der Waals surface area contributed by atoms with Gasteiger partial charge in [-0.05, 0) is 41.4 Å². The summed E-state index contributed by atoms with van der Waals surface area (Å²) < 4.78 is 5.62. The van der Waals surface area contributed by atoms with Crippen molar-refractivity contribution in [2.45, 2.75) is 13.8 Å². The van der Waals surface area contributed by atoms with Gasteiger partial charge < -0.3 is 10.5 Å². The number of aryl methyl sites for hydroxylation is 1. The summed E-state index contributed by atoms with van der Waals surface area (Å²) in [6.07, 6.45) is 0. The second-order valence-corrected chi connectivity index (χ2v) is 3.67. The Labute approximate surface area is 91.4 Å². The standard InChI is InChI=1S/C10H12BrNO2/c1-3-14-10(13)7-5-4-6(2)8(11)9(7)12/h4-5H,3,12H2,1-2H3. The van der Waals surface area contributed by atoms with Crippen molar-refractivity contribution in [3.63, 3.8) is 0 Å². The Morgan fingerprint density at radius 3 is 2.79 bits per heavy atom. The van der Waals surface area contributed by atoms with Crippen LogP contribution >= 0.6 is 15.9 Å². The number of benzene rings is 1. The van der Waals surface area contributed by atoms with Crippen LogP contribution in [0.25, 0.3) is 0 Å². The lowest BCUT2D eigenvalue weighted by molar-refractivity contribution is 0.0527. The van der Waals surface area contributed by atoms with Gasteiger partial charge in [0.1, 0.15) is 0 Å². The van der Waals surface area contributed by atoms with Crippen molar-refractivity contribution in [2.75, 3.05) is 12.3 Å². The van der Waals surface area contributed by atoms with Crippen molar-refractivity contribution in [2.24, 2.45) is 0 Å². The van der Waals surface area contributed by atoms with Crippen molar-refractivity contribution in [3.05, 3.63) is 27.7 Å². The first-order valence-electron chi connectivity index (χ1n) is 4.29. The lowest BCUT2D eigenvalue weighted by Crippen LogP contribution is -2.08. The van der Waals surface area contributed by atoms with Crippen LogP contribution in [-0.2, 0) is 4.74 Å². The molecule has 4 heteroatoms. The second-order valence-electron chi connectivity index (χ2n) is 2.88. The number of carbonyl (C=O) groups excluding carboxylic acids is 1. The fourth-order valence-corrected chi connectivity index (χ4v) is 1.43. The third-order valence-corrected chi connectivity index (χ3v) is 2.92. The fourth-order valence-electron chi connectivity index (χ4n) is 1.09. The summed E-state index contributed by atoms with van der Waals surface area (Å²) in [6, 6.07) is 3.50. The molecule has 1 aromatic rings. The predicted molar refractivity (Wildman–Crippen MR) is 59.2 cm³/mol. The first kappa shape index (κ1) is 11.0.